The fourth-order valence-electron chi connectivity index (χ4n) is 4.21. The normalized spacial score (nSPS) is 14.2. The molecule has 1 amide bonds. The maximum atomic E-state index is 14.6. The van der Waals surface area contributed by atoms with Crippen molar-refractivity contribution in [3.63, 3.8) is 0 Å². The molecule has 0 aliphatic carbocycles. The van der Waals surface area contributed by atoms with Crippen molar-refractivity contribution >= 4 is 40.4 Å². The molecule has 1 fully saturated rings. The summed E-state index contributed by atoms with van der Waals surface area (Å²) >= 11 is 6.56. The van der Waals surface area contributed by atoms with E-state index in [0.29, 0.717) is 37.4 Å². The minimum Gasteiger partial charge on any atom is -0.478 e. The van der Waals surface area contributed by atoms with E-state index in [1.165, 1.54) is 19.2 Å². The van der Waals surface area contributed by atoms with Gasteiger partial charge in [0.15, 0.2) is 0 Å². The van der Waals surface area contributed by atoms with Crippen LogP contribution in [0.2, 0.25) is 5.02 Å². The number of carbonyl (C=O) groups excluding carboxylic acids is 1. The summed E-state index contributed by atoms with van der Waals surface area (Å²) in [5.74, 6) is -1.30. The highest BCUT2D eigenvalue weighted by Gasteiger charge is 2.30. The quantitative estimate of drug-likeness (QED) is 0.492. The average molecular weight is 531 g/mol. The number of hydrogen-bond acceptors (Lipinski definition) is 7. The van der Waals surface area contributed by atoms with Crippen LogP contribution in [0.1, 0.15) is 36.8 Å². The Labute approximate surface area is 218 Å². The van der Waals surface area contributed by atoms with Gasteiger partial charge >= 0.3 is 12.1 Å². The zero-order valence-corrected chi connectivity index (χ0v) is 21.8. The van der Waals surface area contributed by atoms with E-state index >= 15 is 0 Å². The maximum Gasteiger partial charge on any atom is 0.410 e. The number of aromatic carboxylic acids is 1. The lowest BCUT2D eigenvalue weighted by atomic mass is 10.0. The minimum atomic E-state index is -1.24. The van der Waals surface area contributed by atoms with E-state index in [1.807, 2.05) is 25.7 Å². The number of anilines is 1. The number of rotatable bonds is 5. The fourth-order valence-corrected chi connectivity index (χ4v) is 4.46. The van der Waals surface area contributed by atoms with Crippen LogP contribution in [0.4, 0.5) is 15.0 Å². The molecular weight excluding hydrogens is 503 g/mol. The molecule has 4 rings (SSSR count). The Hall–Kier alpha value is -3.50. The van der Waals surface area contributed by atoms with Gasteiger partial charge in [-0.25, -0.2) is 23.9 Å². The Morgan fingerprint density at radius 3 is 2.41 bits per heavy atom. The molecule has 0 bridgehead atoms. The zero-order valence-electron chi connectivity index (χ0n) is 21.0. The smallest absolute Gasteiger partial charge is 0.410 e. The SMILES string of the molecule is COCc1nc(N2CCN(C(=O)OC(C)(C)C)CC2)c2cc(Cl)c(-c3ccccc3F)nc2c1C(=O)O. The van der Waals surface area contributed by atoms with Gasteiger partial charge in [-0.1, -0.05) is 23.7 Å². The molecular formula is C26H28ClFN4O5. The molecule has 9 nitrogen and oxygen atoms in total. The summed E-state index contributed by atoms with van der Waals surface area (Å²) in [6.45, 7) is 6.97. The molecule has 1 aliphatic heterocycles. The summed E-state index contributed by atoms with van der Waals surface area (Å²) in [6, 6.07) is 7.58. The van der Waals surface area contributed by atoms with Gasteiger partial charge in [-0.2, -0.15) is 0 Å². The molecule has 3 aromatic rings. The summed E-state index contributed by atoms with van der Waals surface area (Å²) in [7, 11) is 1.44. The van der Waals surface area contributed by atoms with Gasteiger partial charge in [0.25, 0.3) is 0 Å². The summed E-state index contributed by atoms with van der Waals surface area (Å²) in [6.07, 6.45) is -0.398. The lowest BCUT2D eigenvalue weighted by molar-refractivity contribution is 0.0240. The highest BCUT2D eigenvalue weighted by molar-refractivity contribution is 6.34. The molecule has 0 spiro atoms. The van der Waals surface area contributed by atoms with Crippen LogP contribution in [-0.2, 0) is 16.1 Å². The number of amides is 1. The number of benzene rings is 1. The first-order valence-electron chi connectivity index (χ1n) is 11.7. The highest BCUT2D eigenvalue weighted by atomic mass is 35.5. The molecule has 37 heavy (non-hydrogen) atoms. The number of fused-ring (bicyclic) bond motifs is 1. The number of carboxylic acids is 1. The Kier molecular flexibility index (Phi) is 7.52. The number of pyridine rings is 2. The first kappa shape index (κ1) is 26.6. The second-order valence-corrected chi connectivity index (χ2v) is 10.1. The number of halogens is 2. The molecule has 0 saturated carbocycles. The van der Waals surface area contributed by atoms with Gasteiger partial charge < -0.3 is 24.4 Å². The zero-order chi connectivity index (χ0) is 26.9. The number of ether oxygens (including phenoxy) is 2. The monoisotopic (exact) mass is 530 g/mol. The molecule has 1 aliphatic rings. The van der Waals surface area contributed by atoms with E-state index in [9.17, 15) is 19.1 Å². The Morgan fingerprint density at radius 2 is 1.81 bits per heavy atom. The standard InChI is InChI=1S/C26H28ClFN4O5/c1-26(2,3)37-25(35)32-11-9-31(10-12-32)23-16-13-17(27)21(15-7-5-6-8-18(15)28)30-22(16)20(24(33)34)19(29-23)14-36-4/h5-8,13H,9-12,14H2,1-4H3,(H,33,34). The molecule has 0 atom stereocenters. The maximum absolute atomic E-state index is 14.6. The van der Waals surface area contributed by atoms with Crippen LogP contribution in [0.5, 0.6) is 0 Å². The third kappa shape index (κ3) is 5.60. The summed E-state index contributed by atoms with van der Waals surface area (Å²) in [5, 5.41) is 10.6. The van der Waals surface area contributed by atoms with Gasteiger partial charge in [0, 0.05) is 44.2 Å². The number of carbonyl (C=O) groups is 2. The highest BCUT2D eigenvalue weighted by Crippen LogP contribution is 2.37. The molecule has 1 N–H and O–H groups in total. The molecule has 0 radical (unpaired) electrons. The number of aromatic nitrogens is 2. The second-order valence-electron chi connectivity index (χ2n) is 9.64. The lowest BCUT2D eigenvalue weighted by Crippen LogP contribution is -2.50. The van der Waals surface area contributed by atoms with Crippen molar-refractivity contribution in [3.8, 4) is 11.3 Å². The van der Waals surface area contributed by atoms with E-state index in [2.05, 4.69) is 9.97 Å². The van der Waals surface area contributed by atoms with Crippen LogP contribution in [0.3, 0.4) is 0 Å². The van der Waals surface area contributed by atoms with Crippen LogP contribution in [0.25, 0.3) is 22.2 Å². The number of carboxylic acid groups (broad SMARTS) is 1. The number of nitrogens with zero attached hydrogens (tertiary/aromatic N) is 4. The van der Waals surface area contributed by atoms with Crippen molar-refractivity contribution in [2.24, 2.45) is 0 Å². The fraction of sp³-hybridized carbons (Fsp3) is 0.385. The summed E-state index contributed by atoms with van der Waals surface area (Å²) in [4.78, 5) is 37.6. The second kappa shape index (κ2) is 10.5. The van der Waals surface area contributed by atoms with Gasteiger partial charge in [-0.05, 0) is 39.0 Å². The molecule has 11 heteroatoms. The van der Waals surface area contributed by atoms with Crippen molar-refractivity contribution < 1.29 is 28.6 Å². The van der Waals surface area contributed by atoms with Crippen molar-refractivity contribution in [2.45, 2.75) is 33.0 Å². The first-order chi connectivity index (χ1) is 17.5. The average Bonchev–Trinajstić information content (AvgIpc) is 2.83. The van der Waals surface area contributed by atoms with Crippen molar-refractivity contribution in [1.82, 2.24) is 14.9 Å². The van der Waals surface area contributed by atoms with Gasteiger partial charge in [-0.15, -0.1) is 0 Å². The third-order valence-electron chi connectivity index (χ3n) is 5.84. The number of piperazine rings is 1. The van der Waals surface area contributed by atoms with E-state index in [0.717, 1.165) is 0 Å². The Morgan fingerprint density at radius 1 is 1.14 bits per heavy atom. The molecule has 0 unspecified atom stereocenters. The van der Waals surface area contributed by atoms with Crippen molar-refractivity contribution in [1.29, 1.82) is 0 Å². The minimum absolute atomic E-state index is 0.0677. The molecule has 1 saturated heterocycles. The van der Waals surface area contributed by atoms with Crippen molar-refractivity contribution in [2.75, 3.05) is 38.2 Å². The summed E-state index contributed by atoms with van der Waals surface area (Å²) < 4.78 is 25.3. The van der Waals surface area contributed by atoms with Crippen LogP contribution in [0, 0.1) is 5.82 Å². The number of methoxy groups -OCH3 is 1. The predicted octanol–water partition coefficient (Wildman–Crippen LogP) is 4.99. The topological polar surface area (TPSA) is 105 Å². The first-order valence-corrected chi connectivity index (χ1v) is 12.1. The Bertz CT molecular complexity index is 1350. The van der Waals surface area contributed by atoms with Gasteiger partial charge in [0.05, 0.1) is 28.5 Å². The van der Waals surface area contributed by atoms with Gasteiger partial charge in [-0.3, -0.25) is 0 Å². The van der Waals surface area contributed by atoms with E-state index in [4.69, 9.17) is 21.1 Å². The van der Waals surface area contributed by atoms with Crippen LogP contribution < -0.4 is 4.90 Å². The Balaban J connectivity index is 1.81. The molecule has 3 heterocycles. The predicted molar refractivity (Wildman–Crippen MR) is 138 cm³/mol. The summed E-state index contributed by atoms with van der Waals surface area (Å²) in [5.41, 5.74) is -0.148. The van der Waals surface area contributed by atoms with Crippen molar-refractivity contribution in [3.05, 3.63) is 52.4 Å². The lowest BCUT2D eigenvalue weighted by Gasteiger charge is -2.36. The van der Waals surface area contributed by atoms with E-state index in [1.54, 1.807) is 23.1 Å². The molecule has 2 aromatic heterocycles. The van der Waals surface area contributed by atoms with E-state index < -0.39 is 23.5 Å². The molecule has 196 valence electrons. The van der Waals surface area contributed by atoms with Crippen LogP contribution in [0.15, 0.2) is 30.3 Å². The van der Waals surface area contributed by atoms with Crippen LogP contribution in [-0.4, -0.2) is 70.9 Å². The molecule has 1 aromatic carbocycles. The van der Waals surface area contributed by atoms with E-state index in [-0.39, 0.29) is 39.7 Å². The third-order valence-corrected chi connectivity index (χ3v) is 6.13. The largest absolute Gasteiger partial charge is 0.478 e. The van der Waals surface area contributed by atoms with Gasteiger partial charge in [0.1, 0.15) is 22.8 Å². The number of hydrogen-bond donors (Lipinski definition) is 1. The van der Waals surface area contributed by atoms with Crippen LogP contribution >= 0.6 is 11.6 Å². The van der Waals surface area contributed by atoms with Gasteiger partial charge in [0.2, 0.25) is 0 Å².